The predicted octanol–water partition coefficient (Wildman–Crippen LogP) is 3.38. The molecular formula is C19H18FN5O4. The van der Waals surface area contributed by atoms with E-state index >= 15 is 0 Å². The molecule has 1 aliphatic rings. The molecular weight excluding hydrogens is 381 g/mol. The Morgan fingerprint density at radius 2 is 1.97 bits per heavy atom. The average molecular weight is 399 g/mol. The summed E-state index contributed by atoms with van der Waals surface area (Å²) in [7, 11) is 0. The summed E-state index contributed by atoms with van der Waals surface area (Å²) in [6.45, 7) is 1.21. The van der Waals surface area contributed by atoms with Crippen molar-refractivity contribution in [1.82, 2.24) is 19.4 Å². The van der Waals surface area contributed by atoms with Crippen LogP contribution >= 0.6 is 0 Å². The first-order valence-electron chi connectivity index (χ1n) is 9.14. The van der Waals surface area contributed by atoms with Crippen molar-refractivity contribution in [1.29, 1.82) is 0 Å². The Kier molecular flexibility index (Phi) is 4.83. The summed E-state index contributed by atoms with van der Waals surface area (Å²) < 4.78 is 16.0. The minimum Gasteiger partial charge on any atom is -0.465 e. The van der Waals surface area contributed by atoms with Crippen LogP contribution in [0.25, 0.3) is 10.9 Å². The molecule has 0 aliphatic carbocycles. The SMILES string of the molecule is O=C(O)N1CCC(c2cnc(Cn3ccc4cc([N+](=O)[O-])cc(F)c43)nc2)CC1. The fraction of sp³-hybridized carbons (Fsp3) is 0.316. The van der Waals surface area contributed by atoms with Gasteiger partial charge in [0.05, 0.1) is 23.1 Å². The van der Waals surface area contributed by atoms with Crippen molar-refractivity contribution in [2.24, 2.45) is 0 Å². The fourth-order valence-electron chi connectivity index (χ4n) is 3.73. The van der Waals surface area contributed by atoms with E-state index in [4.69, 9.17) is 5.11 Å². The van der Waals surface area contributed by atoms with Gasteiger partial charge in [0, 0.05) is 43.1 Å². The van der Waals surface area contributed by atoms with Gasteiger partial charge in [-0.15, -0.1) is 0 Å². The molecule has 1 amide bonds. The molecule has 29 heavy (non-hydrogen) atoms. The summed E-state index contributed by atoms with van der Waals surface area (Å²) in [4.78, 5) is 31.4. The van der Waals surface area contributed by atoms with Gasteiger partial charge in [-0.3, -0.25) is 10.1 Å². The second-order valence-electron chi connectivity index (χ2n) is 7.04. The minimum atomic E-state index is -0.897. The standard InChI is InChI=1S/C19H18FN5O4/c20-16-8-15(25(28)29)7-13-3-6-24(18(13)16)11-17-21-9-14(10-22-17)12-1-4-23(5-2-12)19(26)27/h3,6-10,12H,1-2,4-5,11H2,(H,26,27). The smallest absolute Gasteiger partial charge is 0.407 e. The van der Waals surface area contributed by atoms with Crippen molar-refractivity contribution in [2.45, 2.75) is 25.3 Å². The van der Waals surface area contributed by atoms with Crippen molar-refractivity contribution in [2.75, 3.05) is 13.1 Å². The van der Waals surface area contributed by atoms with Crippen LogP contribution in [0.1, 0.15) is 30.1 Å². The van der Waals surface area contributed by atoms with Crippen molar-refractivity contribution in [3.8, 4) is 0 Å². The summed E-state index contributed by atoms with van der Waals surface area (Å²) in [5, 5.41) is 20.4. The van der Waals surface area contributed by atoms with Crippen molar-refractivity contribution in [3.05, 3.63) is 64.1 Å². The Balaban J connectivity index is 1.50. The zero-order valence-electron chi connectivity index (χ0n) is 15.4. The summed E-state index contributed by atoms with van der Waals surface area (Å²) in [5.41, 5.74) is 0.935. The van der Waals surface area contributed by atoms with E-state index in [9.17, 15) is 19.3 Å². The van der Waals surface area contributed by atoms with Crippen LogP contribution in [0.4, 0.5) is 14.9 Å². The van der Waals surface area contributed by atoms with Gasteiger partial charge >= 0.3 is 6.09 Å². The lowest BCUT2D eigenvalue weighted by Crippen LogP contribution is -2.36. The number of hydrogen-bond donors (Lipinski definition) is 1. The second kappa shape index (κ2) is 7.46. The van der Waals surface area contributed by atoms with Gasteiger partial charge in [0.25, 0.3) is 5.69 Å². The zero-order valence-corrected chi connectivity index (χ0v) is 15.4. The normalized spacial score (nSPS) is 15.0. The number of nitrogens with zero attached hydrogens (tertiary/aromatic N) is 5. The second-order valence-corrected chi connectivity index (χ2v) is 7.04. The Morgan fingerprint density at radius 3 is 2.59 bits per heavy atom. The molecule has 3 aromatic rings. The van der Waals surface area contributed by atoms with Gasteiger partial charge in [0.2, 0.25) is 0 Å². The van der Waals surface area contributed by atoms with Crippen LogP contribution in [-0.2, 0) is 6.54 Å². The van der Waals surface area contributed by atoms with Gasteiger partial charge in [0.1, 0.15) is 5.82 Å². The summed E-state index contributed by atoms with van der Waals surface area (Å²) in [6.07, 6.45) is 5.66. The molecule has 3 heterocycles. The number of benzene rings is 1. The third-order valence-corrected chi connectivity index (χ3v) is 5.28. The Bertz CT molecular complexity index is 1070. The van der Waals surface area contributed by atoms with Gasteiger partial charge in [-0.2, -0.15) is 0 Å². The Morgan fingerprint density at radius 1 is 1.28 bits per heavy atom. The van der Waals surface area contributed by atoms with Crippen LogP contribution < -0.4 is 0 Å². The number of nitro groups is 1. The van der Waals surface area contributed by atoms with E-state index in [2.05, 4.69) is 9.97 Å². The number of carbonyl (C=O) groups is 1. The van der Waals surface area contributed by atoms with E-state index in [0.29, 0.717) is 24.3 Å². The first-order valence-corrected chi connectivity index (χ1v) is 9.14. The third-order valence-electron chi connectivity index (χ3n) is 5.28. The first-order chi connectivity index (χ1) is 13.9. The molecule has 10 heteroatoms. The number of hydrogen-bond acceptors (Lipinski definition) is 5. The highest BCUT2D eigenvalue weighted by Gasteiger charge is 2.24. The summed E-state index contributed by atoms with van der Waals surface area (Å²) >= 11 is 0. The molecule has 9 nitrogen and oxygen atoms in total. The largest absolute Gasteiger partial charge is 0.465 e. The number of amides is 1. The molecule has 1 saturated heterocycles. The van der Waals surface area contributed by atoms with E-state index in [1.807, 2.05) is 0 Å². The number of nitro benzene ring substituents is 1. The van der Waals surface area contributed by atoms with E-state index in [0.717, 1.165) is 24.5 Å². The number of halogens is 1. The molecule has 0 saturated carbocycles. The molecule has 0 radical (unpaired) electrons. The lowest BCUT2D eigenvalue weighted by molar-refractivity contribution is -0.384. The number of rotatable bonds is 4. The highest BCUT2D eigenvalue weighted by Crippen LogP contribution is 2.28. The highest BCUT2D eigenvalue weighted by atomic mass is 19.1. The molecule has 0 atom stereocenters. The number of fused-ring (bicyclic) bond motifs is 1. The minimum absolute atomic E-state index is 0.213. The Labute approximate surface area is 164 Å². The highest BCUT2D eigenvalue weighted by molar-refractivity contribution is 5.83. The maximum absolute atomic E-state index is 14.4. The molecule has 4 rings (SSSR count). The van der Waals surface area contributed by atoms with Gasteiger partial charge in [-0.25, -0.2) is 19.2 Å². The lowest BCUT2D eigenvalue weighted by Gasteiger charge is -2.29. The van der Waals surface area contributed by atoms with Crippen molar-refractivity contribution >= 4 is 22.7 Å². The van der Waals surface area contributed by atoms with Gasteiger partial charge in [-0.1, -0.05) is 0 Å². The third kappa shape index (κ3) is 3.73. The Hall–Kier alpha value is -3.56. The molecule has 1 N–H and O–H groups in total. The number of likely N-dealkylation sites (tertiary alicyclic amines) is 1. The first kappa shape index (κ1) is 18.8. The van der Waals surface area contributed by atoms with Crippen LogP contribution in [-0.4, -0.2) is 48.6 Å². The number of aromatic nitrogens is 3. The summed E-state index contributed by atoms with van der Waals surface area (Å²) in [6, 6.07) is 3.87. The van der Waals surface area contributed by atoms with Crippen molar-refractivity contribution < 1.29 is 19.2 Å². The van der Waals surface area contributed by atoms with Crippen LogP contribution in [0.3, 0.4) is 0 Å². The van der Waals surface area contributed by atoms with E-state index < -0.39 is 16.8 Å². The van der Waals surface area contributed by atoms with E-state index in [-0.39, 0.29) is 23.7 Å². The van der Waals surface area contributed by atoms with Crippen LogP contribution in [0, 0.1) is 15.9 Å². The molecule has 2 aromatic heterocycles. The number of carboxylic acid groups (broad SMARTS) is 1. The zero-order chi connectivity index (χ0) is 20.5. The topological polar surface area (TPSA) is 114 Å². The van der Waals surface area contributed by atoms with Gasteiger partial charge < -0.3 is 14.6 Å². The van der Waals surface area contributed by atoms with E-state index in [1.54, 1.807) is 29.2 Å². The van der Waals surface area contributed by atoms with Crippen LogP contribution in [0.5, 0.6) is 0 Å². The molecule has 0 bridgehead atoms. The van der Waals surface area contributed by atoms with Crippen LogP contribution in [0.15, 0.2) is 36.8 Å². The lowest BCUT2D eigenvalue weighted by atomic mass is 9.91. The molecule has 0 spiro atoms. The van der Waals surface area contributed by atoms with Gasteiger partial charge in [-0.05, 0) is 30.4 Å². The maximum atomic E-state index is 14.4. The molecule has 150 valence electrons. The molecule has 1 fully saturated rings. The van der Waals surface area contributed by atoms with E-state index in [1.165, 1.54) is 11.0 Å². The van der Waals surface area contributed by atoms with Gasteiger partial charge in [0.15, 0.2) is 5.82 Å². The molecule has 1 aromatic carbocycles. The molecule has 0 unspecified atom stereocenters. The number of non-ortho nitro benzene ring substituents is 1. The number of piperidine rings is 1. The quantitative estimate of drug-likeness (QED) is 0.531. The molecule has 1 aliphatic heterocycles. The summed E-state index contributed by atoms with van der Waals surface area (Å²) in [5.74, 6) is 0.0398. The monoisotopic (exact) mass is 399 g/mol. The van der Waals surface area contributed by atoms with Crippen LogP contribution in [0.2, 0.25) is 0 Å². The van der Waals surface area contributed by atoms with Crippen molar-refractivity contribution in [3.63, 3.8) is 0 Å². The average Bonchev–Trinajstić information content (AvgIpc) is 3.12. The maximum Gasteiger partial charge on any atom is 0.407 e. The fourth-order valence-corrected chi connectivity index (χ4v) is 3.73. The predicted molar refractivity (Wildman–Crippen MR) is 101 cm³/mol.